The standard InChI is InChI=1S/C17H25N3O4/c1-13(14-4-3-5-15(10-14)24-2)20-8-6-19(7-9-20)12-16(21)18-11-17(22)23/h3-5,10,13H,6-9,11-12H2,1-2H3,(H,18,21)(H,22,23). The van der Waals surface area contributed by atoms with Crippen molar-refractivity contribution in [3.8, 4) is 5.75 Å². The highest BCUT2D eigenvalue weighted by Gasteiger charge is 2.23. The van der Waals surface area contributed by atoms with Crippen LogP contribution in [0.15, 0.2) is 24.3 Å². The fourth-order valence-electron chi connectivity index (χ4n) is 2.85. The molecule has 1 aromatic carbocycles. The molecule has 1 aliphatic rings. The average molecular weight is 335 g/mol. The van der Waals surface area contributed by atoms with E-state index in [4.69, 9.17) is 9.84 Å². The number of nitrogens with zero attached hydrogens (tertiary/aromatic N) is 2. The number of nitrogens with one attached hydrogen (secondary N) is 1. The number of carbonyl (C=O) groups is 2. The number of hydrogen-bond acceptors (Lipinski definition) is 5. The molecule has 1 unspecified atom stereocenters. The molecule has 2 N–H and O–H groups in total. The van der Waals surface area contributed by atoms with Gasteiger partial charge in [0.2, 0.25) is 5.91 Å². The Balaban J connectivity index is 1.81. The minimum absolute atomic E-state index is 0.244. The lowest BCUT2D eigenvalue weighted by atomic mass is 10.1. The zero-order chi connectivity index (χ0) is 17.5. The molecule has 0 aromatic heterocycles. The normalized spacial score (nSPS) is 17.2. The molecule has 2 rings (SSSR count). The molecule has 0 saturated carbocycles. The summed E-state index contributed by atoms with van der Waals surface area (Å²) in [7, 11) is 1.66. The molecular formula is C17H25N3O4. The largest absolute Gasteiger partial charge is 0.497 e. The first-order valence-electron chi connectivity index (χ1n) is 8.08. The molecule has 1 fully saturated rings. The predicted molar refractivity (Wildman–Crippen MR) is 90.1 cm³/mol. The maximum atomic E-state index is 11.7. The quantitative estimate of drug-likeness (QED) is 0.758. The molecule has 24 heavy (non-hydrogen) atoms. The van der Waals surface area contributed by atoms with Crippen molar-refractivity contribution in [2.45, 2.75) is 13.0 Å². The van der Waals surface area contributed by atoms with Crippen LogP contribution in [0.1, 0.15) is 18.5 Å². The molecular weight excluding hydrogens is 310 g/mol. The number of methoxy groups -OCH3 is 1. The van der Waals surface area contributed by atoms with Crippen LogP contribution >= 0.6 is 0 Å². The number of rotatable bonds is 7. The Morgan fingerprint density at radius 1 is 1.29 bits per heavy atom. The van der Waals surface area contributed by atoms with E-state index in [0.717, 1.165) is 31.9 Å². The lowest BCUT2D eigenvalue weighted by Crippen LogP contribution is -2.50. The van der Waals surface area contributed by atoms with Gasteiger partial charge in [0.25, 0.3) is 0 Å². The van der Waals surface area contributed by atoms with Crippen molar-refractivity contribution in [1.82, 2.24) is 15.1 Å². The second-order valence-corrected chi connectivity index (χ2v) is 5.94. The monoisotopic (exact) mass is 335 g/mol. The van der Waals surface area contributed by atoms with Crippen LogP contribution in [0.25, 0.3) is 0 Å². The van der Waals surface area contributed by atoms with Crippen molar-refractivity contribution in [2.75, 3.05) is 46.4 Å². The van der Waals surface area contributed by atoms with E-state index in [1.165, 1.54) is 5.56 Å². The van der Waals surface area contributed by atoms with Crippen LogP contribution in [-0.2, 0) is 9.59 Å². The third kappa shape index (κ3) is 5.21. The van der Waals surface area contributed by atoms with Gasteiger partial charge in [-0.25, -0.2) is 0 Å². The molecule has 7 nitrogen and oxygen atoms in total. The maximum Gasteiger partial charge on any atom is 0.322 e. The predicted octanol–water partition coefficient (Wildman–Crippen LogP) is 0.575. The van der Waals surface area contributed by atoms with E-state index >= 15 is 0 Å². The Labute approximate surface area is 142 Å². The Morgan fingerprint density at radius 3 is 2.62 bits per heavy atom. The Hall–Kier alpha value is -2.12. The fraction of sp³-hybridized carbons (Fsp3) is 0.529. The van der Waals surface area contributed by atoms with Crippen molar-refractivity contribution in [2.24, 2.45) is 0 Å². The van der Waals surface area contributed by atoms with Gasteiger partial charge < -0.3 is 15.2 Å². The van der Waals surface area contributed by atoms with Gasteiger partial charge >= 0.3 is 5.97 Å². The zero-order valence-electron chi connectivity index (χ0n) is 14.2. The summed E-state index contributed by atoms with van der Waals surface area (Å²) in [6.45, 7) is 5.39. The summed E-state index contributed by atoms with van der Waals surface area (Å²) < 4.78 is 5.28. The van der Waals surface area contributed by atoms with Gasteiger partial charge in [0.1, 0.15) is 12.3 Å². The SMILES string of the molecule is COc1cccc(C(C)N2CCN(CC(=O)NCC(=O)O)CC2)c1. The number of benzene rings is 1. The third-order valence-corrected chi connectivity index (χ3v) is 4.33. The molecule has 1 amide bonds. The van der Waals surface area contributed by atoms with Crippen LogP contribution in [0.5, 0.6) is 5.75 Å². The first-order valence-corrected chi connectivity index (χ1v) is 8.08. The molecule has 132 valence electrons. The van der Waals surface area contributed by atoms with Gasteiger partial charge in [-0.05, 0) is 24.6 Å². The molecule has 0 bridgehead atoms. The molecule has 1 saturated heterocycles. The fourth-order valence-corrected chi connectivity index (χ4v) is 2.85. The maximum absolute atomic E-state index is 11.7. The topological polar surface area (TPSA) is 82.1 Å². The van der Waals surface area contributed by atoms with Gasteiger partial charge in [0.15, 0.2) is 0 Å². The summed E-state index contributed by atoms with van der Waals surface area (Å²) in [6.07, 6.45) is 0. The van der Waals surface area contributed by atoms with E-state index < -0.39 is 5.97 Å². The van der Waals surface area contributed by atoms with E-state index in [2.05, 4.69) is 29.3 Å². The lowest BCUT2D eigenvalue weighted by molar-refractivity contribution is -0.138. The number of carbonyl (C=O) groups excluding carboxylic acids is 1. The van der Waals surface area contributed by atoms with Gasteiger partial charge in [-0.1, -0.05) is 12.1 Å². The van der Waals surface area contributed by atoms with Crippen molar-refractivity contribution < 1.29 is 19.4 Å². The number of carboxylic acid groups (broad SMARTS) is 1. The minimum Gasteiger partial charge on any atom is -0.497 e. The van der Waals surface area contributed by atoms with Crippen LogP contribution in [0.3, 0.4) is 0 Å². The molecule has 1 atom stereocenters. The summed E-state index contributed by atoms with van der Waals surface area (Å²) in [6, 6.07) is 8.36. The summed E-state index contributed by atoms with van der Waals surface area (Å²) in [5.74, 6) is -0.417. The lowest BCUT2D eigenvalue weighted by Gasteiger charge is -2.38. The van der Waals surface area contributed by atoms with Gasteiger partial charge in [-0.3, -0.25) is 19.4 Å². The molecule has 1 aromatic rings. The van der Waals surface area contributed by atoms with Crippen LogP contribution in [-0.4, -0.2) is 73.2 Å². The number of aliphatic carboxylic acids is 1. The van der Waals surface area contributed by atoms with Crippen molar-refractivity contribution in [1.29, 1.82) is 0 Å². The average Bonchev–Trinajstić information content (AvgIpc) is 2.60. The first kappa shape index (κ1) is 18.2. The number of piperazine rings is 1. The Kier molecular flexibility index (Phi) is 6.57. The van der Waals surface area contributed by atoms with Gasteiger partial charge in [-0.2, -0.15) is 0 Å². The highest BCUT2D eigenvalue weighted by Crippen LogP contribution is 2.24. The van der Waals surface area contributed by atoms with E-state index in [1.807, 2.05) is 17.0 Å². The summed E-state index contributed by atoms with van der Waals surface area (Å²) >= 11 is 0. The molecule has 1 aliphatic heterocycles. The summed E-state index contributed by atoms with van der Waals surface area (Å²) in [4.78, 5) is 26.6. The highest BCUT2D eigenvalue weighted by molar-refractivity contribution is 5.82. The number of ether oxygens (including phenoxy) is 1. The number of carboxylic acids is 1. The molecule has 7 heteroatoms. The van der Waals surface area contributed by atoms with E-state index in [9.17, 15) is 9.59 Å². The number of hydrogen-bond donors (Lipinski definition) is 2. The van der Waals surface area contributed by atoms with Crippen molar-refractivity contribution in [3.63, 3.8) is 0 Å². The van der Waals surface area contributed by atoms with E-state index in [1.54, 1.807) is 7.11 Å². The molecule has 0 radical (unpaired) electrons. The van der Waals surface area contributed by atoms with Gasteiger partial charge in [0.05, 0.1) is 13.7 Å². The van der Waals surface area contributed by atoms with Gasteiger partial charge in [-0.15, -0.1) is 0 Å². The summed E-state index contributed by atoms with van der Waals surface area (Å²) in [5, 5.41) is 11.0. The Bertz CT molecular complexity index is 571. The second-order valence-electron chi connectivity index (χ2n) is 5.94. The highest BCUT2D eigenvalue weighted by atomic mass is 16.5. The van der Waals surface area contributed by atoms with Crippen molar-refractivity contribution >= 4 is 11.9 Å². The second kappa shape index (κ2) is 8.65. The van der Waals surface area contributed by atoms with E-state index in [-0.39, 0.29) is 25.0 Å². The van der Waals surface area contributed by atoms with Crippen LogP contribution in [0, 0.1) is 0 Å². The smallest absolute Gasteiger partial charge is 0.322 e. The van der Waals surface area contributed by atoms with Crippen molar-refractivity contribution in [3.05, 3.63) is 29.8 Å². The third-order valence-electron chi connectivity index (χ3n) is 4.33. The van der Waals surface area contributed by atoms with Crippen LogP contribution in [0.2, 0.25) is 0 Å². The zero-order valence-corrected chi connectivity index (χ0v) is 14.2. The first-order chi connectivity index (χ1) is 11.5. The summed E-state index contributed by atoms with van der Waals surface area (Å²) in [5.41, 5.74) is 1.21. The molecule has 0 spiro atoms. The van der Waals surface area contributed by atoms with Crippen LogP contribution in [0.4, 0.5) is 0 Å². The Morgan fingerprint density at radius 2 is 2.00 bits per heavy atom. The molecule has 0 aliphatic carbocycles. The number of amides is 1. The minimum atomic E-state index is -1.03. The van der Waals surface area contributed by atoms with E-state index in [0.29, 0.717) is 0 Å². The van der Waals surface area contributed by atoms with Gasteiger partial charge in [0, 0.05) is 32.2 Å². The molecule has 1 heterocycles. The van der Waals surface area contributed by atoms with Crippen LogP contribution < -0.4 is 10.1 Å².